The molecule has 8 heteroatoms. The van der Waals surface area contributed by atoms with E-state index in [2.05, 4.69) is 15.6 Å². The van der Waals surface area contributed by atoms with Crippen LogP contribution < -0.4 is 10.6 Å². The summed E-state index contributed by atoms with van der Waals surface area (Å²) >= 11 is 0. The van der Waals surface area contributed by atoms with Crippen LogP contribution in [0.5, 0.6) is 0 Å². The number of hydrogen-bond donors (Lipinski definition) is 3. The molecule has 0 spiro atoms. The van der Waals surface area contributed by atoms with Gasteiger partial charge in [0.05, 0.1) is 5.92 Å². The molecule has 2 heterocycles. The number of likely N-dealkylation sites (tertiary alicyclic amines) is 1. The van der Waals surface area contributed by atoms with Crippen LogP contribution in [0.2, 0.25) is 0 Å². The molecule has 1 saturated heterocycles. The largest absolute Gasteiger partial charge is 0.350 e. The highest BCUT2D eigenvalue weighted by Crippen LogP contribution is 2.26. The van der Waals surface area contributed by atoms with Gasteiger partial charge in [-0.1, -0.05) is 38.1 Å². The number of halogens is 1. The van der Waals surface area contributed by atoms with Gasteiger partial charge in [-0.15, -0.1) is 0 Å². The van der Waals surface area contributed by atoms with E-state index >= 15 is 0 Å². The van der Waals surface area contributed by atoms with Crippen LogP contribution in [0, 0.1) is 17.7 Å². The number of aromatic amines is 1. The van der Waals surface area contributed by atoms with Gasteiger partial charge in [0, 0.05) is 29.2 Å². The van der Waals surface area contributed by atoms with Crippen LogP contribution >= 0.6 is 0 Å². The van der Waals surface area contributed by atoms with Crippen molar-refractivity contribution >= 4 is 34.3 Å². The maximum Gasteiger partial charge on any atom is 0.268 e. The van der Waals surface area contributed by atoms with Gasteiger partial charge in [-0.3, -0.25) is 14.4 Å². The van der Waals surface area contributed by atoms with E-state index in [9.17, 15) is 18.8 Å². The van der Waals surface area contributed by atoms with Gasteiger partial charge in [-0.05, 0) is 56.0 Å². The molecular formula is C27H31FN4O3. The van der Waals surface area contributed by atoms with E-state index in [0.29, 0.717) is 30.3 Å². The van der Waals surface area contributed by atoms with E-state index in [4.69, 9.17) is 0 Å². The SMILES string of the molecule is CC(C)CC(NC(=O)c1cc2c(F)cccc2[nH]1)C(=O)N1CC(C(=O)Nc2ccccc2)CC1C. The van der Waals surface area contributed by atoms with Crippen molar-refractivity contribution in [3.05, 3.63) is 66.1 Å². The number of aromatic nitrogens is 1. The highest BCUT2D eigenvalue weighted by molar-refractivity contribution is 6.00. The molecule has 4 rings (SSSR count). The summed E-state index contributed by atoms with van der Waals surface area (Å²) in [7, 11) is 0. The fraction of sp³-hybridized carbons (Fsp3) is 0.370. The van der Waals surface area contributed by atoms with E-state index in [-0.39, 0.29) is 35.4 Å². The van der Waals surface area contributed by atoms with E-state index in [1.54, 1.807) is 17.0 Å². The molecule has 184 valence electrons. The summed E-state index contributed by atoms with van der Waals surface area (Å²) in [6, 6.07) is 14.4. The topological polar surface area (TPSA) is 94.3 Å². The van der Waals surface area contributed by atoms with Crippen molar-refractivity contribution in [3.63, 3.8) is 0 Å². The lowest BCUT2D eigenvalue weighted by Crippen LogP contribution is -2.50. The molecule has 35 heavy (non-hydrogen) atoms. The molecule has 0 radical (unpaired) electrons. The zero-order valence-corrected chi connectivity index (χ0v) is 20.2. The summed E-state index contributed by atoms with van der Waals surface area (Å²) in [5.41, 5.74) is 1.43. The lowest BCUT2D eigenvalue weighted by molar-refractivity contribution is -0.134. The van der Waals surface area contributed by atoms with Crippen molar-refractivity contribution in [2.45, 2.75) is 45.7 Å². The Morgan fingerprint density at radius 1 is 1.11 bits per heavy atom. The number of fused-ring (bicyclic) bond motifs is 1. The minimum absolute atomic E-state index is 0.122. The van der Waals surface area contributed by atoms with Gasteiger partial charge in [-0.2, -0.15) is 0 Å². The molecule has 0 aliphatic carbocycles. The minimum atomic E-state index is -0.753. The molecule has 0 saturated carbocycles. The first-order valence-corrected chi connectivity index (χ1v) is 12.0. The molecule has 1 aliphatic heterocycles. The van der Waals surface area contributed by atoms with Crippen molar-refractivity contribution in [2.24, 2.45) is 11.8 Å². The summed E-state index contributed by atoms with van der Waals surface area (Å²) in [5, 5.41) is 6.08. The third-order valence-electron chi connectivity index (χ3n) is 6.44. The first-order chi connectivity index (χ1) is 16.7. The van der Waals surface area contributed by atoms with Gasteiger partial charge in [-0.25, -0.2) is 4.39 Å². The Hall–Kier alpha value is -3.68. The predicted molar refractivity (Wildman–Crippen MR) is 133 cm³/mol. The Bertz CT molecular complexity index is 1220. The standard InChI is InChI=1S/C27H31FN4O3/c1-16(2)12-24(31-26(34)23-14-20-21(28)10-7-11-22(20)30-23)27(35)32-15-18(13-17(32)3)25(33)29-19-8-5-4-6-9-19/h4-11,14,16-18,24,30H,12-13,15H2,1-3H3,(H,29,33)(H,31,34). The number of amides is 3. The molecule has 3 atom stereocenters. The summed E-state index contributed by atoms with van der Waals surface area (Å²) in [4.78, 5) is 43.9. The number of carbonyl (C=O) groups excluding carboxylic acids is 3. The van der Waals surface area contributed by atoms with Gasteiger partial charge in [0.2, 0.25) is 11.8 Å². The van der Waals surface area contributed by atoms with Gasteiger partial charge in [0.25, 0.3) is 5.91 Å². The molecule has 7 nitrogen and oxygen atoms in total. The van der Waals surface area contributed by atoms with Crippen LogP contribution in [0.25, 0.3) is 10.9 Å². The zero-order chi connectivity index (χ0) is 25.1. The predicted octanol–water partition coefficient (Wildman–Crippen LogP) is 4.33. The van der Waals surface area contributed by atoms with Crippen molar-refractivity contribution in [3.8, 4) is 0 Å². The molecular weight excluding hydrogens is 447 g/mol. The average molecular weight is 479 g/mol. The zero-order valence-electron chi connectivity index (χ0n) is 20.2. The lowest BCUT2D eigenvalue weighted by atomic mass is 10.0. The second-order valence-corrected chi connectivity index (χ2v) is 9.67. The Balaban J connectivity index is 1.46. The molecule has 2 aromatic carbocycles. The highest BCUT2D eigenvalue weighted by Gasteiger charge is 2.39. The van der Waals surface area contributed by atoms with Gasteiger partial charge in [0.15, 0.2) is 0 Å². The number of para-hydroxylation sites is 1. The molecule has 0 bridgehead atoms. The van der Waals surface area contributed by atoms with Gasteiger partial charge >= 0.3 is 0 Å². The molecule has 3 unspecified atom stereocenters. The number of nitrogens with one attached hydrogen (secondary N) is 3. The number of benzene rings is 2. The van der Waals surface area contributed by atoms with Crippen molar-refractivity contribution in [2.75, 3.05) is 11.9 Å². The molecule has 3 amide bonds. The number of nitrogens with zero attached hydrogens (tertiary/aromatic N) is 1. The van der Waals surface area contributed by atoms with Gasteiger partial charge in [0.1, 0.15) is 17.6 Å². The maximum absolute atomic E-state index is 14.1. The Kier molecular flexibility index (Phi) is 7.19. The van der Waals surface area contributed by atoms with Crippen LogP contribution in [0.4, 0.5) is 10.1 Å². The molecule has 1 fully saturated rings. The first-order valence-electron chi connectivity index (χ1n) is 12.0. The van der Waals surface area contributed by atoms with Crippen LogP contribution in [-0.4, -0.2) is 46.2 Å². The third-order valence-corrected chi connectivity index (χ3v) is 6.44. The number of carbonyl (C=O) groups is 3. The van der Waals surface area contributed by atoms with Crippen LogP contribution in [0.3, 0.4) is 0 Å². The van der Waals surface area contributed by atoms with Crippen LogP contribution in [0.1, 0.15) is 44.1 Å². The highest BCUT2D eigenvalue weighted by atomic mass is 19.1. The second-order valence-electron chi connectivity index (χ2n) is 9.67. The fourth-order valence-corrected chi connectivity index (χ4v) is 4.66. The molecule has 3 N–H and O–H groups in total. The molecule has 3 aromatic rings. The first kappa shape index (κ1) is 24.4. The van der Waals surface area contributed by atoms with Crippen LogP contribution in [0.15, 0.2) is 54.6 Å². The summed E-state index contributed by atoms with van der Waals surface area (Å²) in [5.74, 6) is -1.40. The lowest BCUT2D eigenvalue weighted by Gasteiger charge is -2.28. The Labute approximate surface area is 204 Å². The monoisotopic (exact) mass is 478 g/mol. The maximum atomic E-state index is 14.1. The second kappa shape index (κ2) is 10.3. The normalized spacial score (nSPS) is 18.6. The number of H-pyrrole nitrogens is 1. The minimum Gasteiger partial charge on any atom is -0.350 e. The number of anilines is 1. The van der Waals surface area contributed by atoms with Crippen molar-refractivity contribution in [1.82, 2.24) is 15.2 Å². The number of rotatable bonds is 7. The van der Waals surface area contributed by atoms with Crippen molar-refractivity contribution in [1.29, 1.82) is 0 Å². The smallest absolute Gasteiger partial charge is 0.268 e. The van der Waals surface area contributed by atoms with E-state index in [1.165, 1.54) is 12.1 Å². The Morgan fingerprint density at radius 3 is 2.54 bits per heavy atom. The quantitative estimate of drug-likeness (QED) is 0.472. The fourth-order valence-electron chi connectivity index (χ4n) is 4.66. The van der Waals surface area contributed by atoms with Crippen molar-refractivity contribution < 1.29 is 18.8 Å². The van der Waals surface area contributed by atoms with E-state index < -0.39 is 17.8 Å². The summed E-state index contributed by atoms with van der Waals surface area (Å²) in [6.07, 6.45) is 0.997. The third kappa shape index (κ3) is 5.53. The van der Waals surface area contributed by atoms with E-state index in [1.807, 2.05) is 51.1 Å². The molecule has 1 aromatic heterocycles. The average Bonchev–Trinajstić information content (AvgIpc) is 3.43. The van der Waals surface area contributed by atoms with Crippen LogP contribution in [-0.2, 0) is 9.59 Å². The molecule has 1 aliphatic rings. The summed E-state index contributed by atoms with van der Waals surface area (Å²) < 4.78 is 14.1. The summed E-state index contributed by atoms with van der Waals surface area (Å²) in [6.45, 7) is 6.17. The van der Waals surface area contributed by atoms with E-state index in [0.717, 1.165) is 5.69 Å². The van der Waals surface area contributed by atoms with Gasteiger partial charge < -0.3 is 20.5 Å². The Morgan fingerprint density at radius 2 is 1.86 bits per heavy atom. The number of hydrogen-bond acceptors (Lipinski definition) is 3.